The predicted octanol–water partition coefficient (Wildman–Crippen LogP) is 4.15. The quantitative estimate of drug-likeness (QED) is 0.713. The lowest BCUT2D eigenvalue weighted by Gasteiger charge is -2.02. The lowest BCUT2D eigenvalue weighted by atomic mass is 10.1. The second-order valence-electron chi connectivity index (χ2n) is 3.43. The number of aryl methyl sites for hydroxylation is 1. The molecule has 0 N–H and O–H groups in total. The zero-order chi connectivity index (χ0) is 10.4. The molecule has 1 aromatic carbocycles. The highest BCUT2D eigenvalue weighted by Gasteiger charge is 1.93. The number of hydrogen-bond donors (Lipinski definition) is 0. The van der Waals surface area contributed by atoms with E-state index in [0.717, 1.165) is 0 Å². The van der Waals surface area contributed by atoms with Crippen LogP contribution in [0.4, 0.5) is 0 Å². The van der Waals surface area contributed by atoms with E-state index in [0.29, 0.717) is 5.25 Å². The molecule has 0 aliphatic rings. The smallest absolute Gasteiger partial charge is 0.0201 e. The average molecular weight is 206 g/mol. The Bertz CT molecular complexity index is 285. The number of rotatable bonds is 4. The van der Waals surface area contributed by atoms with Crippen LogP contribution in [-0.4, -0.2) is 11.0 Å². The molecule has 1 heteroatoms. The summed E-state index contributed by atoms with van der Waals surface area (Å²) in [5, 5.41) is 0.612. The Kier molecular flexibility index (Phi) is 4.81. The highest BCUT2D eigenvalue weighted by Crippen LogP contribution is 2.13. The second kappa shape index (κ2) is 5.92. The van der Waals surface area contributed by atoms with Gasteiger partial charge >= 0.3 is 0 Å². The first kappa shape index (κ1) is 11.4. The van der Waals surface area contributed by atoms with Crippen molar-refractivity contribution in [2.75, 3.05) is 5.75 Å². The van der Waals surface area contributed by atoms with Gasteiger partial charge in [-0.2, -0.15) is 11.8 Å². The van der Waals surface area contributed by atoms with E-state index in [2.05, 4.69) is 57.2 Å². The van der Waals surface area contributed by atoms with E-state index in [9.17, 15) is 0 Å². The Morgan fingerprint density at radius 3 is 2.50 bits per heavy atom. The molecule has 1 aromatic rings. The van der Waals surface area contributed by atoms with E-state index in [-0.39, 0.29) is 0 Å². The summed E-state index contributed by atoms with van der Waals surface area (Å²) < 4.78 is 0. The van der Waals surface area contributed by atoms with Gasteiger partial charge in [0.25, 0.3) is 0 Å². The first-order chi connectivity index (χ1) is 6.72. The van der Waals surface area contributed by atoms with Crippen molar-refractivity contribution in [2.45, 2.75) is 26.0 Å². The van der Waals surface area contributed by atoms with Crippen molar-refractivity contribution in [1.29, 1.82) is 0 Å². The van der Waals surface area contributed by atoms with Gasteiger partial charge in [-0.15, -0.1) is 0 Å². The molecule has 0 amide bonds. The Balaban J connectivity index is 2.55. The van der Waals surface area contributed by atoms with E-state index >= 15 is 0 Å². The van der Waals surface area contributed by atoms with Crippen LogP contribution in [0.3, 0.4) is 0 Å². The van der Waals surface area contributed by atoms with Crippen LogP contribution in [0.1, 0.15) is 25.0 Å². The van der Waals surface area contributed by atoms with E-state index in [4.69, 9.17) is 0 Å². The molecule has 0 heterocycles. The van der Waals surface area contributed by atoms with Gasteiger partial charge in [-0.05, 0) is 25.2 Å². The normalized spacial score (nSPS) is 13.4. The molecule has 0 nitrogen and oxygen atoms in total. The van der Waals surface area contributed by atoms with E-state index < -0.39 is 0 Å². The standard InChI is InChI=1S/C13H18S/c1-4-14-12(3)7-10-13-8-5-11(2)6-9-13/h5-10,12H,4H2,1-3H3/b10-7+. The fraction of sp³-hybridized carbons (Fsp3) is 0.385. The first-order valence-corrected chi connectivity index (χ1v) is 6.13. The third kappa shape index (κ3) is 4.01. The molecule has 1 rings (SSSR count). The van der Waals surface area contributed by atoms with Crippen LogP contribution in [-0.2, 0) is 0 Å². The monoisotopic (exact) mass is 206 g/mol. The molecule has 76 valence electrons. The van der Waals surface area contributed by atoms with Gasteiger partial charge in [0.15, 0.2) is 0 Å². The van der Waals surface area contributed by atoms with E-state index in [1.54, 1.807) is 0 Å². The first-order valence-electron chi connectivity index (χ1n) is 5.09. The molecule has 14 heavy (non-hydrogen) atoms. The van der Waals surface area contributed by atoms with Crippen molar-refractivity contribution in [3.63, 3.8) is 0 Å². The Hall–Kier alpha value is -0.690. The molecule has 1 atom stereocenters. The fourth-order valence-corrected chi connectivity index (χ4v) is 1.96. The van der Waals surface area contributed by atoms with Crippen molar-refractivity contribution >= 4 is 17.8 Å². The Morgan fingerprint density at radius 2 is 1.93 bits per heavy atom. The van der Waals surface area contributed by atoms with Crippen molar-refractivity contribution < 1.29 is 0 Å². The van der Waals surface area contributed by atoms with Crippen LogP contribution >= 0.6 is 11.8 Å². The molecule has 0 saturated carbocycles. The van der Waals surface area contributed by atoms with Crippen LogP contribution in [0.5, 0.6) is 0 Å². The van der Waals surface area contributed by atoms with Crippen LogP contribution in [0.25, 0.3) is 6.08 Å². The van der Waals surface area contributed by atoms with Crippen LogP contribution in [0.15, 0.2) is 30.3 Å². The summed E-state index contributed by atoms with van der Waals surface area (Å²) in [7, 11) is 0. The summed E-state index contributed by atoms with van der Waals surface area (Å²) in [6, 6.07) is 8.62. The van der Waals surface area contributed by atoms with Gasteiger partial charge in [-0.1, -0.05) is 48.9 Å². The van der Waals surface area contributed by atoms with E-state index in [1.807, 2.05) is 11.8 Å². The lowest BCUT2D eigenvalue weighted by molar-refractivity contribution is 1.25. The van der Waals surface area contributed by atoms with Crippen LogP contribution in [0.2, 0.25) is 0 Å². The van der Waals surface area contributed by atoms with Gasteiger partial charge in [0.1, 0.15) is 0 Å². The summed E-state index contributed by atoms with van der Waals surface area (Å²) >= 11 is 1.97. The summed E-state index contributed by atoms with van der Waals surface area (Å²) in [4.78, 5) is 0. The zero-order valence-corrected chi connectivity index (χ0v) is 9.97. The highest BCUT2D eigenvalue weighted by molar-refractivity contribution is 8.00. The third-order valence-electron chi connectivity index (χ3n) is 2.07. The summed E-state index contributed by atoms with van der Waals surface area (Å²) in [6.07, 6.45) is 4.46. The van der Waals surface area contributed by atoms with E-state index in [1.165, 1.54) is 16.9 Å². The SMILES string of the molecule is CCSC(C)/C=C/c1ccc(C)cc1. The van der Waals surface area contributed by atoms with Gasteiger partial charge in [-0.3, -0.25) is 0 Å². The third-order valence-corrected chi connectivity index (χ3v) is 3.08. The summed E-state index contributed by atoms with van der Waals surface area (Å²) in [5.74, 6) is 1.18. The number of thioether (sulfide) groups is 1. The molecule has 0 bridgehead atoms. The fourth-order valence-electron chi connectivity index (χ4n) is 1.24. The lowest BCUT2D eigenvalue weighted by Crippen LogP contribution is -1.89. The minimum atomic E-state index is 0.612. The molecule has 0 aliphatic carbocycles. The van der Waals surface area contributed by atoms with Crippen molar-refractivity contribution in [3.8, 4) is 0 Å². The topological polar surface area (TPSA) is 0 Å². The van der Waals surface area contributed by atoms with Crippen LogP contribution < -0.4 is 0 Å². The predicted molar refractivity (Wildman–Crippen MR) is 67.8 cm³/mol. The maximum absolute atomic E-state index is 2.26. The maximum Gasteiger partial charge on any atom is 0.0201 e. The molecule has 0 fully saturated rings. The average Bonchev–Trinajstić information content (AvgIpc) is 2.17. The zero-order valence-electron chi connectivity index (χ0n) is 9.16. The van der Waals surface area contributed by atoms with Crippen molar-refractivity contribution in [2.24, 2.45) is 0 Å². The van der Waals surface area contributed by atoms with Gasteiger partial charge in [-0.25, -0.2) is 0 Å². The van der Waals surface area contributed by atoms with Crippen molar-refractivity contribution in [1.82, 2.24) is 0 Å². The molecule has 0 saturated heterocycles. The molecule has 0 radical (unpaired) electrons. The second-order valence-corrected chi connectivity index (χ2v) is 5.08. The number of benzene rings is 1. The molecule has 0 aliphatic heterocycles. The van der Waals surface area contributed by atoms with Gasteiger partial charge in [0.2, 0.25) is 0 Å². The van der Waals surface area contributed by atoms with Gasteiger partial charge in [0, 0.05) is 5.25 Å². The molecular weight excluding hydrogens is 188 g/mol. The molecule has 0 aromatic heterocycles. The summed E-state index contributed by atoms with van der Waals surface area (Å²) in [6.45, 7) is 6.54. The molecule has 1 unspecified atom stereocenters. The molecular formula is C13H18S. The minimum absolute atomic E-state index is 0.612. The Labute approximate surface area is 91.4 Å². The maximum atomic E-state index is 2.26. The number of hydrogen-bond acceptors (Lipinski definition) is 1. The highest BCUT2D eigenvalue weighted by atomic mass is 32.2. The summed E-state index contributed by atoms with van der Waals surface area (Å²) in [5.41, 5.74) is 2.61. The minimum Gasteiger partial charge on any atom is -0.155 e. The van der Waals surface area contributed by atoms with Gasteiger partial charge < -0.3 is 0 Å². The largest absolute Gasteiger partial charge is 0.155 e. The van der Waals surface area contributed by atoms with Crippen molar-refractivity contribution in [3.05, 3.63) is 41.5 Å². The van der Waals surface area contributed by atoms with Crippen LogP contribution in [0, 0.1) is 6.92 Å². The Morgan fingerprint density at radius 1 is 1.29 bits per heavy atom. The molecule has 0 spiro atoms. The van der Waals surface area contributed by atoms with Gasteiger partial charge in [0.05, 0.1) is 0 Å².